The number of anilines is 2. The van der Waals surface area contributed by atoms with Crippen molar-refractivity contribution in [3.63, 3.8) is 0 Å². The normalized spacial score (nSPS) is 22.5. The molecule has 2 fully saturated rings. The molecule has 1 aromatic heterocycles. The number of piperazine rings is 1. The monoisotopic (exact) mass is 408 g/mol. The minimum absolute atomic E-state index is 0.0752. The fraction of sp³-hybridized carbons (Fsp3) is 0.409. The quantitative estimate of drug-likeness (QED) is 0.790. The van der Waals surface area contributed by atoms with Gasteiger partial charge in [-0.05, 0) is 30.7 Å². The van der Waals surface area contributed by atoms with E-state index in [0.29, 0.717) is 18.7 Å². The Hall–Kier alpha value is -3.13. The van der Waals surface area contributed by atoms with E-state index in [-0.39, 0.29) is 24.0 Å². The van der Waals surface area contributed by atoms with Gasteiger partial charge in [-0.3, -0.25) is 9.69 Å². The Morgan fingerprint density at radius 3 is 2.73 bits per heavy atom. The van der Waals surface area contributed by atoms with Crippen LogP contribution in [0.25, 0.3) is 0 Å². The van der Waals surface area contributed by atoms with Crippen LogP contribution >= 0.6 is 0 Å². The molecule has 1 unspecified atom stereocenters. The van der Waals surface area contributed by atoms with E-state index in [0.717, 1.165) is 31.0 Å². The molecule has 8 heteroatoms. The molecule has 0 saturated carbocycles. The molecule has 2 aliphatic rings. The number of benzene rings is 1. The molecule has 3 heterocycles. The van der Waals surface area contributed by atoms with Crippen molar-refractivity contribution in [2.75, 3.05) is 50.5 Å². The molecule has 4 rings (SSSR count). The number of hydrogen-bond acceptors (Lipinski definition) is 5. The molecule has 2 saturated heterocycles. The summed E-state index contributed by atoms with van der Waals surface area (Å²) in [5.41, 5.74) is 1.38. The van der Waals surface area contributed by atoms with Crippen LogP contribution in [0.1, 0.15) is 16.8 Å². The SMILES string of the molecule is CN(C)c1cc(C(=O)NC[C@H]2CN(C(=O)Nc3ccccc3)[C@H]3CCN2C3)ccn1. The van der Waals surface area contributed by atoms with E-state index in [1.807, 2.05) is 54.2 Å². The molecule has 2 aromatic rings. The lowest BCUT2D eigenvalue weighted by atomic mass is 10.1. The van der Waals surface area contributed by atoms with E-state index in [4.69, 9.17) is 0 Å². The lowest BCUT2D eigenvalue weighted by Crippen LogP contribution is -2.58. The van der Waals surface area contributed by atoms with Gasteiger partial charge in [0, 0.05) is 69.8 Å². The average molecular weight is 409 g/mol. The standard InChI is InChI=1S/C22H28N6O2/c1-26(2)20-12-16(8-10-23-20)21(29)24-13-19-15-28(18-9-11-27(19)14-18)22(30)25-17-6-4-3-5-7-17/h3-8,10,12,18-19H,9,11,13-15H2,1-2H3,(H,24,29)(H,25,30)/t18-,19-/m0/s1. The van der Waals surface area contributed by atoms with E-state index in [1.54, 1.807) is 18.3 Å². The second-order valence-electron chi connectivity index (χ2n) is 8.05. The number of rotatable bonds is 5. The summed E-state index contributed by atoms with van der Waals surface area (Å²) in [5, 5.41) is 6.03. The summed E-state index contributed by atoms with van der Waals surface area (Å²) < 4.78 is 0. The molecule has 2 N–H and O–H groups in total. The second-order valence-corrected chi connectivity index (χ2v) is 8.05. The van der Waals surface area contributed by atoms with Crippen LogP contribution < -0.4 is 15.5 Å². The maximum absolute atomic E-state index is 12.9. The third-order valence-corrected chi connectivity index (χ3v) is 5.81. The molecule has 1 aromatic carbocycles. The van der Waals surface area contributed by atoms with Crippen molar-refractivity contribution in [1.82, 2.24) is 20.1 Å². The highest BCUT2D eigenvalue weighted by Crippen LogP contribution is 2.25. The summed E-state index contributed by atoms with van der Waals surface area (Å²) in [7, 11) is 3.79. The zero-order chi connectivity index (χ0) is 21.1. The van der Waals surface area contributed by atoms with Gasteiger partial charge in [-0.25, -0.2) is 9.78 Å². The Morgan fingerprint density at radius 1 is 1.17 bits per heavy atom. The summed E-state index contributed by atoms with van der Waals surface area (Å²) in [5.74, 6) is 0.619. The molecule has 8 nitrogen and oxygen atoms in total. The molecule has 3 atom stereocenters. The summed E-state index contributed by atoms with van der Waals surface area (Å²) >= 11 is 0. The number of carbonyl (C=O) groups is 2. The number of aromatic nitrogens is 1. The van der Waals surface area contributed by atoms with Crippen LogP contribution in [0.5, 0.6) is 0 Å². The van der Waals surface area contributed by atoms with E-state index >= 15 is 0 Å². The predicted octanol–water partition coefficient (Wildman–Crippen LogP) is 1.87. The van der Waals surface area contributed by atoms with Gasteiger partial charge < -0.3 is 20.4 Å². The predicted molar refractivity (Wildman–Crippen MR) is 117 cm³/mol. The van der Waals surface area contributed by atoms with Gasteiger partial charge in [0.1, 0.15) is 5.82 Å². The van der Waals surface area contributed by atoms with E-state index < -0.39 is 0 Å². The number of hydrogen-bond donors (Lipinski definition) is 2. The Labute approximate surface area is 176 Å². The van der Waals surface area contributed by atoms with Crippen molar-refractivity contribution in [3.8, 4) is 0 Å². The molecule has 0 spiro atoms. The van der Waals surface area contributed by atoms with Gasteiger partial charge in [0.05, 0.1) is 0 Å². The van der Waals surface area contributed by atoms with E-state index in [9.17, 15) is 9.59 Å². The third kappa shape index (κ3) is 4.38. The summed E-state index contributed by atoms with van der Waals surface area (Å²) in [6.07, 6.45) is 2.61. The Bertz CT molecular complexity index is 904. The van der Waals surface area contributed by atoms with Gasteiger partial charge in [0.2, 0.25) is 0 Å². The summed E-state index contributed by atoms with van der Waals surface area (Å²) in [4.78, 5) is 35.9. The highest BCUT2D eigenvalue weighted by molar-refractivity contribution is 5.94. The number of amides is 3. The van der Waals surface area contributed by atoms with Gasteiger partial charge in [-0.15, -0.1) is 0 Å². The van der Waals surface area contributed by atoms with Crippen LogP contribution in [0.15, 0.2) is 48.7 Å². The minimum atomic E-state index is -0.123. The highest BCUT2D eigenvalue weighted by Gasteiger charge is 2.40. The largest absolute Gasteiger partial charge is 0.363 e. The van der Waals surface area contributed by atoms with Crippen LogP contribution in [0, 0.1) is 0 Å². The topological polar surface area (TPSA) is 80.8 Å². The zero-order valence-electron chi connectivity index (χ0n) is 17.4. The van der Waals surface area contributed by atoms with Gasteiger partial charge in [-0.2, -0.15) is 0 Å². The molecule has 3 amide bonds. The average Bonchev–Trinajstić information content (AvgIpc) is 3.17. The lowest BCUT2D eigenvalue weighted by Gasteiger charge is -2.40. The van der Waals surface area contributed by atoms with E-state index in [1.165, 1.54) is 0 Å². The first-order valence-corrected chi connectivity index (χ1v) is 10.3. The smallest absolute Gasteiger partial charge is 0.322 e. The van der Waals surface area contributed by atoms with Crippen molar-refractivity contribution in [3.05, 3.63) is 54.2 Å². The van der Waals surface area contributed by atoms with Gasteiger partial charge in [0.25, 0.3) is 5.91 Å². The number of nitrogens with zero attached hydrogens (tertiary/aromatic N) is 4. The number of pyridine rings is 1. The maximum atomic E-state index is 12.9. The first-order chi connectivity index (χ1) is 14.5. The summed E-state index contributed by atoms with van der Waals surface area (Å²) in [6, 6.07) is 13.3. The number of nitrogens with one attached hydrogen (secondary N) is 2. The van der Waals surface area contributed by atoms with Crippen molar-refractivity contribution in [2.45, 2.75) is 18.5 Å². The zero-order valence-corrected chi connectivity index (χ0v) is 17.4. The highest BCUT2D eigenvalue weighted by atomic mass is 16.2. The minimum Gasteiger partial charge on any atom is -0.363 e. The van der Waals surface area contributed by atoms with Crippen molar-refractivity contribution in [2.24, 2.45) is 0 Å². The van der Waals surface area contributed by atoms with Crippen molar-refractivity contribution in [1.29, 1.82) is 0 Å². The third-order valence-electron chi connectivity index (χ3n) is 5.81. The van der Waals surface area contributed by atoms with Crippen LogP contribution in [0.2, 0.25) is 0 Å². The van der Waals surface area contributed by atoms with Crippen LogP contribution in [0.4, 0.5) is 16.3 Å². The fourth-order valence-electron chi connectivity index (χ4n) is 4.12. The van der Waals surface area contributed by atoms with Crippen LogP contribution in [0.3, 0.4) is 0 Å². The maximum Gasteiger partial charge on any atom is 0.322 e. The molecule has 30 heavy (non-hydrogen) atoms. The van der Waals surface area contributed by atoms with Gasteiger partial charge >= 0.3 is 6.03 Å². The second kappa shape index (κ2) is 8.71. The molecular weight excluding hydrogens is 380 g/mol. The number of carbonyl (C=O) groups excluding carboxylic acids is 2. The molecule has 158 valence electrons. The molecule has 0 radical (unpaired) electrons. The number of urea groups is 1. The van der Waals surface area contributed by atoms with Crippen molar-refractivity contribution >= 4 is 23.4 Å². The molecule has 2 aliphatic heterocycles. The first kappa shape index (κ1) is 20.2. The molecular formula is C22H28N6O2. The lowest BCUT2D eigenvalue weighted by molar-refractivity contribution is 0.0882. The molecule has 2 bridgehead atoms. The molecule has 0 aliphatic carbocycles. The van der Waals surface area contributed by atoms with Crippen LogP contribution in [-0.4, -0.2) is 79.1 Å². The first-order valence-electron chi connectivity index (χ1n) is 10.3. The Morgan fingerprint density at radius 2 is 1.97 bits per heavy atom. The summed E-state index contributed by atoms with van der Waals surface area (Å²) in [6.45, 7) is 2.90. The number of fused-ring (bicyclic) bond motifs is 2. The Balaban J connectivity index is 1.38. The van der Waals surface area contributed by atoms with Gasteiger partial charge in [0.15, 0.2) is 0 Å². The van der Waals surface area contributed by atoms with E-state index in [2.05, 4.69) is 20.5 Å². The fourth-order valence-corrected chi connectivity index (χ4v) is 4.12. The van der Waals surface area contributed by atoms with Crippen molar-refractivity contribution < 1.29 is 9.59 Å². The Kier molecular flexibility index (Phi) is 5.85. The van der Waals surface area contributed by atoms with Gasteiger partial charge in [-0.1, -0.05) is 18.2 Å². The number of para-hydroxylation sites is 1. The van der Waals surface area contributed by atoms with Crippen LogP contribution in [-0.2, 0) is 0 Å².